The van der Waals surface area contributed by atoms with Gasteiger partial charge < -0.3 is 15.8 Å². The first-order valence-corrected chi connectivity index (χ1v) is 6.88. The predicted octanol–water partition coefficient (Wildman–Crippen LogP) is 1.01. The van der Waals surface area contributed by atoms with E-state index in [2.05, 4.69) is 10.3 Å². The Labute approximate surface area is 123 Å². The molecular formula is C14H20N4O3. The van der Waals surface area contributed by atoms with Crippen LogP contribution in [0.5, 0.6) is 5.88 Å². The maximum atomic E-state index is 12.0. The van der Waals surface area contributed by atoms with Crippen LogP contribution in [0.2, 0.25) is 0 Å². The molecule has 0 bridgehead atoms. The van der Waals surface area contributed by atoms with Gasteiger partial charge in [-0.1, -0.05) is 0 Å². The minimum absolute atomic E-state index is 0.0462. The summed E-state index contributed by atoms with van der Waals surface area (Å²) in [7, 11) is 1.49. The number of ether oxygens (including phenoxy) is 1. The molecule has 7 nitrogen and oxygen atoms in total. The topological polar surface area (TPSA) is 97.5 Å². The number of carbonyl (C=O) groups is 2. The van der Waals surface area contributed by atoms with Gasteiger partial charge in [0.05, 0.1) is 11.8 Å². The number of imide groups is 1. The molecule has 0 saturated carbocycles. The molecule has 1 aromatic rings. The van der Waals surface area contributed by atoms with Crippen LogP contribution in [0.3, 0.4) is 0 Å². The molecule has 1 fully saturated rings. The van der Waals surface area contributed by atoms with E-state index in [0.717, 1.165) is 4.90 Å². The first-order valence-electron chi connectivity index (χ1n) is 6.88. The van der Waals surface area contributed by atoms with E-state index in [1.54, 1.807) is 12.1 Å². The van der Waals surface area contributed by atoms with Crippen molar-refractivity contribution in [1.82, 2.24) is 9.88 Å². The summed E-state index contributed by atoms with van der Waals surface area (Å²) in [5, 5.41) is 3.03. The molecule has 2 heterocycles. The standard InChI is InChI=1S/C14H20N4O3/c1-8(2)21-13-9(15)4-6-11(17-13)16-10-5-7-12(19)18(3)14(10)20/h4,6,8,10H,5,7,15H2,1-3H3,(H,16,17). The fourth-order valence-electron chi connectivity index (χ4n) is 2.08. The number of nitrogens with two attached hydrogens (primary N) is 1. The molecule has 0 radical (unpaired) electrons. The average molecular weight is 292 g/mol. The Kier molecular flexibility index (Phi) is 4.30. The molecule has 0 aliphatic carbocycles. The molecule has 1 atom stereocenters. The molecule has 1 aromatic heterocycles. The smallest absolute Gasteiger partial charge is 0.251 e. The van der Waals surface area contributed by atoms with E-state index in [1.807, 2.05) is 13.8 Å². The van der Waals surface area contributed by atoms with E-state index < -0.39 is 6.04 Å². The van der Waals surface area contributed by atoms with Crippen molar-refractivity contribution in [2.45, 2.75) is 38.8 Å². The fraction of sp³-hybridized carbons (Fsp3) is 0.500. The second kappa shape index (κ2) is 5.99. The molecule has 2 amide bonds. The molecule has 114 valence electrons. The van der Waals surface area contributed by atoms with Gasteiger partial charge >= 0.3 is 0 Å². The van der Waals surface area contributed by atoms with Crippen LogP contribution in [0.4, 0.5) is 11.5 Å². The second-order valence-corrected chi connectivity index (χ2v) is 5.28. The van der Waals surface area contributed by atoms with Gasteiger partial charge in [0.15, 0.2) is 0 Å². The van der Waals surface area contributed by atoms with Gasteiger partial charge in [0, 0.05) is 13.5 Å². The first-order chi connectivity index (χ1) is 9.88. The van der Waals surface area contributed by atoms with Crippen molar-refractivity contribution in [3.63, 3.8) is 0 Å². The molecule has 1 aliphatic rings. The zero-order valence-electron chi connectivity index (χ0n) is 12.4. The lowest BCUT2D eigenvalue weighted by molar-refractivity contribution is -0.146. The highest BCUT2D eigenvalue weighted by atomic mass is 16.5. The van der Waals surface area contributed by atoms with Gasteiger partial charge in [-0.3, -0.25) is 14.5 Å². The first kappa shape index (κ1) is 15.1. The zero-order valence-corrected chi connectivity index (χ0v) is 12.4. The van der Waals surface area contributed by atoms with E-state index in [0.29, 0.717) is 30.2 Å². The molecule has 1 unspecified atom stereocenters. The lowest BCUT2D eigenvalue weighted by Crippen LogP contribution is -2.48. The van der Waals surface area contributed by atoms with Crippen LogP contribution in [-0.2, 0) is 9.59 Å². The van der Waals surface area contributed by atoms with E-state index >= 15 is 0 Å². The van der Waals surface area contributed by atoms with Crippen molar-refractivity contribution in [2.24, 2.45) is 0 Å². The Balaban J connectivity index is 2.13. The number of nitrogens with zero attached hydrogens (tertiary/aromatic N) is 2. The SMILES string of the molecule is CC(C)Oc1nc(NC2CCC(=O)N(C)C2=O)ccc1N. The molecule has 3 N–H and O–H groups in total. The number of likely N-dealkylation sites (tertiary alicyclic amines) is 1. The summed E-state index contributed by atoms with van der Waals surface area (Å²) in [5.74, 6) is 0.423. The molecular weight excluding hydrogens is 272 g/mol. The Morgan fingerprint density at radius 2 is 2.14 bits per heavy atom. The number of hydrogen-bond donors (Lipinski definition) is 2. The summed E-state index contributed by atoms with van der Waals surface area (Å²) in [4.78, 5) is 28.9. The molecule has 21 heavy (non-hydrogen) atoms. The largest absolute Gasteiger partial charge is 0.473 e. The van der Waals surface area contributed by atoms with Crippen LogP contribution in [0.15, 0.2) is 12.1 Å². The van der Waals surface area contributed by atoms with Gasteiger partial charge in [-0.05, 0) is 32.4 Å². The third-order valence-electron chi connectivity index (χ3n) is 3.21. The van der Waals surface area contributed by atoms with Gasteiger partial charge in [0.2, 0.25) is 11.8 Å². The second-order valence-electron chi connectivity index (χ2n) is 5.28. The number of amides is 2. The van der Waals surface area contributed by atoms with Crippen LogP contribution in [0.1, 0.15) is 26.7 Å². The molecule has 0 spiro atoms. The summed E-state index contributed by atoms with van der Waals surface area (Å²) in [6.07, 6.45) is 0.744. The number of pyridine rings is 1. The number of hydrogen-bond acceptors (Lipinski definition) is 6. The third kappa shape index (κ3) is 3.42. The minimum atomic E-state index is -0.462. The van der Waals surface area contributed by atoms with Crippen molar-refractivity contribution < 1.29 is 14.3 Å². The van der Waals surface area contributed by atoms with Crippen molar-refractivity contribution in [3.8, 4) is 5.88 Å². The number of carbonyl (C=O) groups excluding carboxylic acids is 2. The lowest BCUT2D eigenvalue weighted by atomic mass is 10.0. The van der Waals surface area contributed by atoms with Gasteiger partial charge in [-0.15, -0.1) is 0 Å². The number of anilines is 2. The summed E-state index contributed by atoms with van der Waals surface area (Å²) in [5.41, 5.74) is 6.24. The van der Waals surface area contributed by atoms with Crippen LogP contribution in [0, 0.1) is 0 Å². The summed E-state index contributed by atoms with van der Waals surface area (Å²) in [6.45, 7) is 3.76. The maximum Gasteiger partial charge on any atom is 0.251 e. The van der Waals surface area contributed by atoms with Gasteiger partial charge in [0.1, 0.15) is 11.9 Å². The van der Waals surface area contributed by atoms with E-state index in [4.69, 9.17) is 10.5 Å². The van der Waals surface area contributed by atoms with Crippen molar-refractivity contribution in [2.75, 3.05) is 18.1 Å². The monoisotopic (exact) mass is 292 g/mol. The number of nitrogens with one attached hydrogen (secondary N) is 1. The zero-order chi connectivity index (χ0) is 15.6. The van der Waals surface area contributed by atoms with Gasteiger partial charge in [0.25, 0.3) is 5.91 Å². The number of rotatable bonds is 4. The predicted molar refractivity (Wildman–Crippen MR) is 78.8 cm³/mol. The Morgan fingerprint density at radius 1 is 1.43 bits per heavy atom. The van der Waals surface area contributed by atoms with Crippen LogP contribution in [0.25, 0.3) is 0 Å². The quantitative estimate of drug-likeness (QED) is 0.804. The highest BCUT2D eigenvalue weighted by molar-refractivity contribution is 6.01. The summed E-state index contributed by atoms with van der Waals surface area (Å²) >= 11 is 0. The van der Waals surface area contributed by atoms with E-state index in [-0.39, 0.29) is 17.9 Å². The van der Waals surface area contributed by atoms with E-state index in [1.165, 1.54) is 7.05 Å². The molecule has 1 saturated heterocycles. The number of likely N-dealkylation sites (N-methyl/N-ethyl adjacent to an activating group) is 1. The van der Waals surface area contributed by atoms with Crippen LogP contribution >= 0.6 is 0 Å². The Morgan fingerprint density at radius 3 is 2.81 bits per heavy atom. The van der Waals surface area contributed by atoms with Gasteiger partial charge in [-0.25, -0.2) is 0 Å². The number of aromatic nitrogens is 1. The van der Waals surface area contributed by atoms with Gasteiger partial charge in [-0.2, -0.15) is 4.98 Å². The Hall–Kier alpha value is -2.31. The van der Waals surface area contributed by atoms with Crippen molar-refractivity contribution >= 4 is 23.3 Å². The maximum absolute atomic E-state index is 12.0. The number of nitrogen functional groups attached to an aromatic ring is 1. The number of piperidine rings is 1. The van der Waals surface area contributed by atoms with Crippen molar-refractivity contribution in [1.29, 1.82) is 0 Å². The molecule has 2 rings (SSSR count). The summed E-state index contributed by atoms with van der Waals surface area (Å²) in [6, 6.07) is 2.90. The van der Waals surface area contributed by atoms with Crippen LogP contribution in [-0.4, -0.2) is 40.9 Å². The average Bonchev–Trinajstić information content (AvgIpc) is 2.42. The highest BCUT2D eigenvalue weighted by Gasteiger charge is 2.31. The van der Waals surface area contributed by atoms with Crippen molar-refractivity contribution in [3.05, 3.63) is 12.1 Å². The van der Waals surface area contributed by atoms with Crippen LogP contribution < -0.4 is 15.8 Å². The lowest BCUT2D eigenvalue weighted by Gasteiger charge is -2.28. The fourth-order valence-corrected chi connectivity index (χ4v) is 2.08. The molecule has 1 aliphatic heterocycles. The Bertz CT molecular complexity index is 559. The summed E-state index contributed by atoms with van der Waals surface area (Å²) < 4.78 is 5.51. The third-order valence-corrected chi connectivity index (χ3v) is 3.21. The molecule has 7 heteroatoms. The minimum Gasteiger partial charge on any atom is -0.473 e. The highest BCUT2D eigenvalue weighted by Crippen LogP contribution is 2.23. The normalized spacial score (nSPS) is 19.0. The molecule has 0 aromatic carbocycles. The van der Waals surface area contributed by atoms with E-state index in [9.17, 15) is 9.59 Å².